The van der Waals surface area contributed by atoms with Crippen molar-refractivity contribution in [3.8, 4) is 11.3 Å². The zero-order valence-electron chi connectivity index (χ0n) is 23.2. The maximum Gasteiger partial charge on any atom is 0.0701 e. The summed E-state index contributed by atoms with van der Waals surface area (Å²) in [6, 6.07) is 33.5. The van der Waals surface area contributed by atoms with Gasteiger partial charge in [-0.1, -0.05) is 120 Å². The molecule has 0 spiro atoms. The maximum atomic E-state index is 4.55. The minimum Gasteiger partial charge on any atom is -0.310 e. The molecule has 0 saturated carbocycles. The van der Waals surface area contributed by atoms with Crippen molar-refractivity contribution in [1.82, 2.24) is 4.98 Å². The summed E-state index contributed by atoms with van der Waals surface area (Å²) in [5.41, 5.74) is 9.10. The summed E-state index contributed by atoms with van der Waals surface area (Å²) in [5.74, 6) is 0. The third-order valence-corrected chi connectivity index (χ3v) is 8.32. The molecule has 1 aliphatic heterocycles. The summed E-state index contributed by atoms with van der Waals surface area (Å²) in [5, 5.41) is 0. The molecule has 0 fully saturated rings. The van der Waals surface area contributed by atoms with Gasteiger partial charge >= 0.3 is 0 Å². The van der Waals surface area contributed by atoms with E-state index in [4.69, 9.17) is 0 Å². The summed E-state index contributed by atoms with van der Waals surface area (Å²) in [6.07, 6.45) is 14.7. The van der Waals surface area contributed by atoms with Crippen LogP contribution in [0.25, 0.3) is 11.3 Å². The van der Waals surface area contributed by atoms with Gasteiger partial charge in [0.2, 0.25) is 0 Å². The number of fused-ring (bicyclic) bond motifs is 2. The number of rotatable bonds is 12. The average molecular weight is 503 g/mol. The largest absolute Gasteiger partial charge is 0.310 e. The molecule has 1 aromatic heterocycles. The Morgan fingerprint density at radius 3 is 1.66 bits per heavy atom. The standard InChI is InChI=1S/C36H42N2/c1-3-5-7-14-26-36(27-15-8-6-4-2)31-17-9-11-20-34(31)38(35-21-12-10-18-32(35)36)30-24-22-29(23-25-30)33-19-13-16-28-37-33/h9-13,16-25,28H,3-8,14-15,26-27H2,1-2H3. The van der Waals surface area contributed by atoms with Gasteiger partial charge in [0, 0.05) is 22.9 Å². The van der Waals surface area contributed by atoms with E-state index in [2.05, 4.69) is 103 Å². The Balaban J connectivity index is 1.59. The van der Waals surface area contributed by atoms with E-state index >= 15 is 0 Å². The molecule has 5 rings (SSSR count). The second kappa shape index (κ2) is 12.4. The number of anilines is 3. The lowest BCUT2D eigenvalue weighted by molar-refractivity contribution is 0.391. The first-order chi connectivity index (χ1) is 18.8. The van der Waals surface area contributed by atoms with Crippen molar-refractivity contribution in [2.75, 3.05) is 4.90 Å². The van der Waals surface area contributed by atoms with Crippen LogP contribution < -0.4 is 4.90 Å². The molecule has 0 saturated heterocycles. The molecule has 0 atom stereocenters. The van der Waals surface area contributed by atoms with Crippen LogP contribution in [0.3, 0.4) is 0 Å². The van der Waals surface area contributed by atoms with Gasteiger partial charge in [0.05, 0.1) is 17.1 Å². The average Bonchev–Trinajstić information content (AvgIpc) is 2.98. The maximum absolute atomic E-state index is 4.55. The minimum absolute atomic E-state index is 0.0685. The molecule has 2 heteroatoms. The number of aromatic nitrogens is 1. The summed E-state index contributed by atoms with van der Waals surface area (Å²) in [7, 11) is 0. The monoisotopic (exact) mass is 502 g/mol. The van der Waals surface area contributed by atoms with Gasteiger partial charge in [-0.05, 0) is 60.4 Å². The number of pyridine rings is 1. The predicted molar refractivity (Wildman–Crippen MR) is 163 cm³/mol. The van der Waals surface area contributed by atoms with E-state index in [0.717, 1.165) is 11.3 Å². The first kappa shape index (κ1) is 26.2. The molecule has 3 aromatic carbocycles. The number of para-hydroxylation sites is 2. The second-order valence-corrected chi connectivity index (χ2v) is 10.8. The Bertz CT molecular complexity index is 1230. The molecular weight excluding hydrogens is 460 g/mol. The topological polar surface area (TPSA) is 16.1 Å². The lowest BCUT2D eigenvalue weighted by atomic mass is 9.65. The first-order valence-electron chi connectivity index (χ1n) is 14.8. The second-order valence-electron chi connectivity index (χ2n) is 10.8. The molecule has 196 valence electrons. The van der Waals surface area contributed by atoms with Gasteiger partial charge in [-0.3, -0.25) is 4.98 Å². The van der Waals surface area contributed by atoms with Gasteiger partial charge in [0.25, 0.3) is 0 Å². The Morgan fingerprint density at radius 1 is 0.579 bits per heavy atom. The molecule has 0 bridgehead atoms. The van der Waals surface area contributed by atoms with Crippen molar-refractivity contribution >= 4 is 17.1 Å². The zero-order chi connectivity index (χ0) is 26.2. The molecule has 0 unspecified atom stereocenters. The lowest BCUT2D eigenvalue weighted by Crippen LogP contribution is -2.35. The van der Waals surface area contributed by atoms with Crippen LogP contribution in [-0.2, 0) is 5.41 Å². The van der Waals surface area contributed by atoms with Gasteiger partial charge < -0.3 is 4.90 Å². The van der Waals surface area contributed by atoms with Crippen molar-refractivity contribution in [1.29, 1.82) is 0 Å². The highest BCUT2D eigenvalue weighted by Gasteiger charge is 2.42. The normalized spacial score (nSPS) is 13.7. The first-order valence-corrected chi connectivity index (χ1v) is 14.8. The van der Waals surface area contributed by atoms with E-state index in [1.165, 1.54) is 92.4 Å². The van der Waals surface area contributed by atoms with E-state index in [1.807, 2.05) is 18.3 Å². The molecule has 4 aromatic rings. The molecule has 38 heavy (non-hydrogen) atoms. The predicted octanol–water partition coefficient (Wildman–Crippen LogP) is 10.8. The quantitative estimate of drug-likeness (QED) is 0.179. The highest BCUT2D eigenvalue weighted by molar-refractivity contribution is 5.86. The van der Waals surface area contributed by atoms with E-state index < -0.39 is 0 Å². The lowest BCUT2D eigenvalue weighted by Gasteiger charge is -2.46. The fourth-order valence-electron chi connectivity index (χ4n) is 6.39. The third kappa shape index (κ3) is 5.27. The van der Waals surface area contributed by atoms with Crippen LogP contribution in [0.5, 0.6) is 0 Å². The number of nitrogens with zero attached hydrogens (tertiary/aromatic N) is 2. The Morgan fingerprint density at radius 2 is 1.13 bits per heavy atom. The third-order valence-electron chi connectivity index (χ3n) is 8.32. The molecule has 0 N–H and O–H groups in total. The van der Waals surface area contributed by atoms with Crippen molar-refractivity contribution < 1.29 is 0 Å². The summed E-state index contributed by atoms with van der Waals surface area (Å²) in [4.78, 5) is 7.04. The van der Waals surface area contributed by atoms with Crippen molar-refractivity contribution in [2.24, 2.45) is 0 Å². The van der Waals surface area contributed by atoms with Gasteiger partial charge in [0.15, 0.2) is 0 Å². The van der Waals surface area contributed by atoms with Crippen LogP contribution in [-0.4, -0.2) is 4.98 Å². The molecule has 0 aliphatic carbocycles. The van der Waals surface area contributed by atoms with Gasteiger partial charge in [-0.15, -0.1) is 0 Å². The molecule has 1 aliphatic rings. The SMILES string of the molecule is CCCCCCC1(CCCCCC)c2ccccc2N(c2ccc(-c3ccccn3)cc2)c2ccccc21. The van der Waals surface area contributed by atoms with Crippen molar-refractivity contribution in [3.63, 3.8) is 0 Å². The minimum atomic E-state index is 0.0685. The highest BCUT2D eigenvalue weighted by Crippen LogP contribution is 2.56. The van der Waals surface area contributed by atoms with Crippen molar-refractivity contribution in [2.45, 2.75) is 83.5 Å². The Labute approximate surface area is 229 Å². The zero-order valence-corrected chi connectivity index (χ0v) is 23.2. The number of unbranched alkanes of at least 4 members (excludes halogenated alkanes) is 6. The van der Waals surface area contributed by atoms with E-state index in [-0.39, 0.29) is 5.41 Å². The van der Waals surface area contributed by atoms with E-state index in [0.29, 0.717) is 0 Å². The van der Waals surface area contributed by atoms with Crippen LogP contribution in [0, 0.1) is 0 Å². The van der Waals surface area contributed by atoms with Crippen LogP contribution in [0.1, 0.15) is 89.2 Å². The van der Waals surface area contributed by atoms with Gasteiger partial charge in [-0.25, -0.2) is 0 Å². The summed E-state index contributed by atoms with van der Waals surface area (Å²) >= 11 is 0. The number of hydrogen-bond donors (Lipinski definition) is 0. The van der Waals surface area contributed by atoms with E-state index in [1.54, 1.807) is 0 Å². The fourth-order valence-corrected chi connectivity index (χ4v) is 6.39. The van der Waals surface area contributed by atoms with Crippen LogP contribution in [0.2, 0.25) is 0 Å². The molecule has 2 nitrogen and oxygen atoms in total. The molecule has 2 heterocycles. The highest BCUT2D eigenvalue weighted by atomic mass is 15.2. The molecule has 0 radical (unpaired) electrons. The van der Waals surface area contributed by atoms with Gasteiger partial charge in [0.1, 0.15) is 0 Å². The van der Waals surface area contributed by atoms with Crippen LogP contribution in [0.4, 0.5) is 17.1 Å². The van der Waals surface area contributed by atoms with Crippen LogP contribution >= 0.6 is 0 Å². The van der Waals surface area contributed by atoms with Crippen molar-refractivity contribution in [3.05, 3.63) is 108 Å². The van der Waals surface area contributed by atoms with Gasteiger partial charge in [-0.2, -0.15) is 0 Å². The smallest absolute Gasteiger partial charge is 0.0701 e. The number of hydrogen-bond acceptors (Lipinski definition) is 2. The Hall–Kier alpha value is -3.39. The molecule has 0 amide bonds. The van der Waals surface area contributed by atoms with E-state index in [9.17, 15) is 0 Å². The summed E-state index contributed by atoms with van der Waals surface area (Å²) < 4.78 is 0. The summed E-state index contributed by atoms with van der Waals surface area (Å²) in [6.45, 7) is 4.62. The fraction of sp³-hybridized carbons (Fsp3) is 0.361. The number of benzene rings is 3. The van der Waals surface area contributed by atoms with Crippen LogP contribution in [0.15, 0.2) is 97.2 Å². The molecular formula is C36H42N2. The Kier molecular flexibility index (Phi) is 8.58.